The van der Waals surface area contributed by atoms with E-state index < -0.39 is 11.9 Å². The Bertz CT molecular complexity index is 234. The zero-order chi connectivity index (χ0) is 11.0. The molecule has 0 radical (unpaired) electrons. The van der Waals surface area contributed by atoms with Gasteiger partial charge in [-0.2, -0.15) is 0 Å². The van der Waals surface area contributed by atoms with Crippen molar-refractivity contribution in [3.05, 3.63) is 0 Å². The molecule has 0 aromatic carbocycles. The molecule has 0 amide bonds. The summed E-state index contributed by atoms with van der Waals surface area (Å²) in [6.07, 6.45) is 4.71. The molecule has 0 N–H and O–H groups in total. The van der Waals surface area contributed by atoms with E-state index in [-0.39, 0.29) is 91.6 Å². The van der Waals surface area contributed by atoms with Gasteiger partial charge in [-0.3, -0.25) is 4.90 Å². The second-order valence-corrected chi connectivity index (χ2v) is 2.72. The molecule has 0 aliphatic heterocycles. The van der Waals surface area contributed by atoms with Crippen molar-refractivity contribution in [3.63, 3.8) is 0 Å². The van der Waals surface area contributed by atoms with E-state index in [4.69, 9.17) is 6.42 Å². The van der Waals surface area contributed by atoms with Crippen LogP contribution in [0.25, 0.3) is 0 Å². The molecule has 0 aliphatic rings. The van der Waals surface area contributed by atoms with Crippen LogP contribution in [-0.2, 0) is 9.59 Å². The number of hydrogen-bond acceptors (Lipinski definition) is 5. The molecule has 78 valence electrons. The van der Waals surface area contributed by atoms with Crippen molar-refractivity contribution in [2.24, 2.45) is 0 Å². The summed E-state index contributed by atoms with van der Waals surface area (Å²) < 4.78 is 0. The molecule has 0 aromatic heterocycles. The molecular formula is C9H11NNa2O4. The van der Waals surface area contributed by atoms with Gasteiger partial charge in [-0.25, -0.2) is 0 Å². The fourth-order valence-electron chi connectivity index (χ4n) is 0.898. The van der Waals surface area contributed by atoms with E-state index in [1.54, 1.807) is 4.90 Å². The largest absolute Gasteiger partial charge is 1.00 e. The molecule has 0 aliphatic carbocycles. The van der Waals surface area contributed by atoms with Gasteiger partial charge in [0.15, 0.2) is 0 Å². The first-order valence-electron chi connectivity index (χ1n) is 4.11. The van der Waals surface area contributed by atoms with Gasteiger partial charge in [-0.15, -0.1) is 6.42 Å². The van der Waals surface area contributed by atoms with Crippen LogP contribution in [0.2, 0.25) is 0 Å². The average molecular weight is 243 g/mol. The van der Waals surface area contributed by atoms with Crippen LogP contribution < -0.4 is 69.3 Å². The second kappa shape index (κ2) is 13.5. The first kappa shape index (κ1) is 21.7. The molecule has 0 fully saturated rings. The van der Waals surface area contributed by atoms with Crippen LogP contribution in [0.15, 0.2) is 0 Å². The summed E-state index contributed by atoms with van der Waals surface area (Å²) in [4.78, 5) is 21.8. The Morgan fingerprint density at radius 2 is 1.44 bits per heavy atom. The molecule has 7 heteroatoms. The van der Waals surface area contributed by atoms with E-state index in [1.807, 2.05) is 0 Å². The van der Waals surface area contributed by atoms with Crippen LogP contribution in [0, 0.1) is 12.3 Å². The number of carboxylic acid groups (broad SMARTS) is 2. The predicted molar refractivity (Wildman–Crippen MR) is 44.5 cm³/mol. The van der Waals surface area contributed by atoms with E-state index in [0.29, 0.717) is 0 Å². The molecule has 16 heavy (non-hydrogen) atoms. The van der Waals surface area contributed by atoms with E-state index in [2.05, 4.69) is 5.92 Å². The minimum Gasteiger partial charge on any atom is -0.550 e. The summed E-state index contributed by atoms with van der Waals surface area (Å²) in [6.45, 7) is 0.611. The molecule has 0 rings (SSSR count). The normalized spacial score (nSPS) is 8.50. The zero-order valence-corrected chi connectivity index (χ0v) is 13.7. The maximum atomic E-state index is 10.1. The van der Waals surface area contributed by atoms with Gasteiger partial charge in [-0.1, -0.05) is 5.92 Å². The molecular weight excluding hydrogens is 232 g/mol. The molecule has 0 bridgehead atoms. The van der Waals surface area contributed by atoms with Gasteiger partial charge in [0.05, 0.1) is 6.54 Å². The van der Waals surface area contributed by atoms with Crippen LogP contribution in [-0.4, -0.2) is 36.5 Å². The number of carbonyl (C=O) groups excluding carboxylic acids is 2. The summed E-state index contributed by atoms with van der Waals surface area (Å²) in [6, 6.07) is 0. The molecule has 0 saturated carbocycles. The third-order valence-electron chi connectivity index (χ3n) is 1.58. The first-order valence-corrected chi connectivity index (χ1v) is 4.11. The monoisotopic (exact) mass is 243 g/mol. The molecule has 5 nitrogen and oxygen atoms in total. The summed E-state index contributed by atoms with van der Waals surface area (Å²) in [5.74, 6) is -0.0457. The smallest absolute Gasteiger partial charge is 0.550 e. The minimum absolute atomic E-state index is 0. The maximum Gasteiger partial charge on any atom is 1.00 e. The minimum atomic E-state index is -1.18. The van der Waals surface area contributed by atoms with Gasteiger partial charge in [0.2, 0.25) is 0 Å². The summed E-state index contributed by atoms with van der Waals surface area (Å²) in [7, 11) is 0. The van der Waals surface area contributed by atoms with Crippen LogP contribution in [0.5, 0.6) is 0 Å². The van der Waals surface area contributed by atoms with Crippen LogP contribution in [0.3, 0.4) is 0 Å². The standard InChI is InChI=1S/C9H13NO4.2Na/c1-2-5-10(6-3-8(11)12)7-4-9(13)14;;/h1H,3-7H2,(H,11,12)(H,13,14);;/q;2*+1/p-2. The average Bonchev–Trinajstić information content (AvgIpc) is 2.09. The van der Waals surface area contributed by atoms with Crippen molar-refractivity contribution in [2.75, 3.05) is 19.6 Å². The van der Waals surface area contributed by atoms with Crippen molar-refractivity contribution >= 4 is 11.9 Å². The number of nitrogens with zero attached hydrogens (tertiary/aromatic N) is 1. The van der Waals surface area contributed by atoms with E-state index >= 15 is 0 Å². The number of terminal acetylenes is 1. The number of rotatable bonds is 7. The van der Waals surface area contributed by atoms with Gasteiger partial charge >= 0.3 is 59.1 Å². The van der Waals surface area contributed by atoms with E-state index in [0.717, 1.165) is 0 Å². The molecule has 0 aromatic rings. The number of hydrogen-bond donors (Lipinski definition) is 0. The quantitative estimate of drug-likeness (QED) is 0.327. The SMILES string of the molecule is C#CCN(CCC(=O)[O-])CCC(=O)[O-].[Na+].[Na+]. The van der Waals surface area contributed by atoms with E-state index in [9.17, 15) is 19.8 Å². The Morgan fingerprint density at radius 3 is 1.69 bits per heavy atom. The van der Waals surface area contributed by atoms with Gasteiger partial charge in [0.1, 0.15) is 0 Å². The molecule has 0 unspecified atom stereocenters. The van der Waals surface area contributed by atoms with Crippen molar-refractivity contribution in [1.82, 2.24) is 4.90 Å². The first-order chi connectivity index (χ1) is 6.56. The number of carboxylic acids is 2. The number of aliphatic carboxylic acids is 2. The fraction of sp³-hybridized carbons (Fsp3) is 0.556. The molecule has 0 heterocycles. The molecule has 0 atom stereocenters. The van der Waals surface area contributed by atoms with Gasteiger partial charge in [0, 0.05) is 25.0 Å². The topological polar surface area (TPSA) is 83.5 Å². The number of carbonyl (C=O) groups is 2. The Kier molecular flexibility index (Phi) is 18.4. The maximum absolute atomic E-state index is 10.1. The van der Waals surface area contributed by atoms with Crippen molar-refractivity contribution < 1.29 is 78.9 Å². The second-order valence-electron chi connectivity index (χ2n) is 2.72. The zero-order valence-electron chi connectivity index (χ0n) is 9.69. The van der Waals surface area contributed by atoms with Gasteiger partial charge < -0.3 is 19.8 Å². The molecule has 0 saturated heterocycles. The Morgan fingerprint density at radius 1 is 1.06 bits per heavy atom. The molecule has 0 spiro atoms. The summed E-state index contributed by atoms with van der Waals surface area (Å²) >= 11 is 0. The van der Waals surface area contributed by atoms with Crippen LogP contribution in [0.4, 0.5) is 0 Å². The Labute approximate surface area is 139 Å². The van der Waals surface area contributed by atoms with Crippen molar-refractivity contribution in [2.45, 2.75) is 12.8 Å². The van der Waals surface area contributed by atoms with Crippen molar-refractivity contribution in [1.29, 1.82) is 0 Å². The predicted octanol–water partition coefficient (Wildman–Crippen LogP) is -8.79. The third kappa shape index (κ3) is 14.5. The van der Waals surface area contributed by atoms with Crippen LogP contribution >= 0.6 is 0 Å². The van der Waals surface area contributed by atoms with Crippen molar-refractivity contribution in [3.8, 4) is 12.3 Å². The Hall–Kier alpha value is 0.460. The van der Waals surface area contributed by atoms with E-state index in [1.165, 1.54) is 0 Å². The fourth-order valence-corrected chi connectivity index (χ4v) is 0.898. The Balaban J connectivity index is -0.000000845. The van der Waals surface area contributed by atoms with Gasteiger partial charge in [-0.05, 0) is 12.8 Å². The summed E-state index contributed by atoms with van der Waals surface area (Å²) in [5, 5.41) is 20.3. The summed E-state index contributed by atoms with van der Waals surface area (Å²) in [5.41, 5.74) is 0. The van der Waals surface area contributed by atoms with Crippen LogP contribution in [0.1, 0.15) is 12.8 Å². The third-order valence-corrected chi connectivity index (χ3v) is 1.58. The van der Waals surface area contributed by atoms with Gasteiger partial charge in [0.25, 0.3) is 0 Å².